The average Bonchev–Trinajstić information content (AvgIpc) is 2.65. The quantitative estimate of drug-likeness (QED) is 0.817. The number of anilines is 1. The summed E-state index contributed by atoms with van der Waals surface area (Å²) in [5, 5.41) is 3.72. The normalized spacial score (nSPS) is 23.4. The number of hydrogen-bond acceptors (Lipinski definition) is 2. The van der Waals surface area contributed by atoms with Crippen LogP contribution in [0.4, 0.5) is 5.69 Å². The summed E-state index contributed by atoms with van der Waals surface area (Å²) >= 11 is 0. The van der Waals surface area contributed by atoms with Gasteiger partial charge in [-0.3, -0.25) is 0 Å². The summed E-state index contributed by atoms with van der Waals surface area (Å²) in [5.74, 6) is 0.780. The number of benzene rings is 1. The van der Waals surface area contributed by atoms with Crippen molar-refractivity contribution in [2.75, 3.05) is 25.0 Å². The van der Waals surface area contributed by atoms with Gasteiger partial charge in [-0.1, -0.05) is 44.4 Å². The van der Waals surface area contributed by atoms with Crippen molar-refractivity contribution in [3.8, 4) is 0 Å². The van der Waals surface area contributed by atoms with Gasteiger partial charge < -0.3 is 10.2 Å². The Bertz CT molecular complexity index is 402. The van der Waals surface area contributed by atoms with Gasteiger partial charge in [-0.15, -0.1) is 0 Å². The summed E-state index contributed by atoms with van der Waals surface area (Å²) in [6.07, 6.45) is 6.91. The molecule has 0 spiro atoms. The molecule has 0 radical (unpaired) electrons. The molecule has 0 bridgehead atoms. The molecule has 0 aromatic heterocycles. The topological polar surface area (TPSA) is 15.3 Å². The van der Waals surface area contributed by atoms with Crippen LogP contribution in [0.5, 0.6) is 0 Å². The molecule has 0 aliphatic heterocycles. The molecule has 20 heavy (non-hydrogen) atoms. The second-order valence-corrected chi connectivity index (χ2v) is 6.23. The summed E-state index contributed by atoms with van der Waals surface area (Å²) < 4.78 is 0. The van der Waals surface area contributed by atoms with Gasteiger partial charge in [0.15, 0.2) is 0 Å². The van der Waals surface area contributed by atoms with Gasteiger partial charge in [0.05, 0.1) is 0 Å². The molecule has 2 unspecified atom stereocenters. The molecule has 2 atom stereocenters. The number of aryl methyl sites for hydroxylation is 1. The van der Waals surface area contributed by atoms with Gasteiger partial charge in [-0.05, 0) is 43.9 Å². The summed E-state index contributed by atoms with van der Waals surface area (Å²) in [7, 11) is 2.25. The van der Waals surface area contributed by atoms with Crippen LogP contribution in [0.25, 0.3) is 0 Å². The van der Waals surface area contributed by atoms with E-state index in [1.807, 2.05) is 0 Å². The molecule has 1 fully saturated rings. The van der Waals surface area contributed by atoms with E-state index in [-0.39, 0.29) is 0 Å². The maximum absolute atomic E-state index is 3.72. The highest BCUT2D eigenvalue weighted by Gasteiger charge is 2.24. The standard InChI is InChI=1S/C18H30N2/c1-4-19-17-12-7-5-6-11-16(17)14-20(3)18-13-9-8-10-15(18)2/h8-10,13,16-17,19H,4-7,11-12,14H2,1-3H3. The smallest absolute Gasteiger partial charge is 0.0393 e. The molecular weight excluding hydrogens is 244 g/mol. The minimum atomic E-state index is 0.703. The van der Waals surface area contributed by atoms with Gasteiger partial charge in [0.25, 0.3) is 0 Å². The Hall–Kier alpha value is -1.02. The molecule has 0 heterocycles. The largest absolute Gasteiger partial charge is 0.374 e. The fourth-order valence-corrected chi connectivity index (χ4v) is 3.58. The molecule has 2 rings (SSSR count). The van der Waals surface area contributed by atoms with Crippen LogP contribution in [0.2, 0.25) is 0 Å². The lowest BCUT2D eigenvalue weighted by Crippen LogP contribution is -2.41. The Morgan fingerprint density at radius 1 is 1.15 bits per heavy atom. The SMILES string of the molecule is CCNC1CCCCCC1CN(C)c1ccccc1C. The molecule has 1 N–H and O–H groups in total. The lowest BCUT2D eigenvalue weighted by Gasteiger charge is -2.31. The molecule has 2 nitrogen and oxygen atoms in total. The van der Waals surface area contributed by atoms with E-state index >= 15 is 0 Å². The highest BCUT2D eigenvalue weighted by Crippen LogP contribution is 2.26. The highest BCUT2D eigenvalue weighted by molar-refractivity contribution is 5.52. The van der Waals surface area contributed by atoms with E-state index in [4.69, 9.17) is 0 Å². The molecule has 0 amide bonds. The predicted octanol–water partition coefficient (Wildman–Crippen LogP) is 3.99. The van der Waals surface area contributed by atoms with Crippen LogP contribution < -0.4 is 10.2 Å². The molecule has 1 saturated carbocycles. The lowest BCUT2D eigenvalue weighted by molar-refractivity contribution is 0.343. The molecule has 112 valence electrons. The third-order valence-electron chi connectivity index (χ3n) is 4.66. The van der Waals surface area contributed by atoms with Gasteiger partial charge in [0, 0.05) is 25.3 Å². The van der Waals surface area contributed by atoms with Crippen LogP contribution in [0.1, 0.15) is 44.6 Å². The Morgan fingerprint density at radius 2 is 1.90 bits per heavy atom. The third-order valence-corrected chi connectivity index (χ3v) is 4.66. The molecule has 1 aromatic carbocycles. The van der Waals surface area contributed by atoms with Crippen LogP contribution in [0.15, 0.2) is 24.3 Å². The van der Waals surface area contributed by atoms with Crippen LogP contribution in [-0.4, -0.2) is 26.2 Å². The zero-order valence-corrected chi connectivity index (χ0v) is 13.4. The van der Waals surface area contributed by atoms with Gasteiger partial charge in [-0.2, -0.15) is 0 Å². The Kier molecular flexibility index (Phi) is 5.90. The second kappa shape index (κ2) is 7.68. The highest BCUT2D eigenvalue weighted by atomic mass is 15.1. The fourth-order valence-electron chi connectivity index (χ4n) is 3.58. The number of para-hydroxylation sites is 1. The van der Waals surface area contributed by atoms with Crippen LogP contribution in [0.3, 0.4) is 0 Å². The molecular formula is C18H30N2. The fraction of sp³-hybridized carbons (Fsp3) is 0.667. The number of rotatable bonds is 5. The van der Waals surface area contributed by atoms with E-state index < -0.39 is 0 Å². The van der Waals surface area contributed by atoms with Crippen molar-refractivity contribution in [3.05, 3.63) is 29.8 Å². The monoisotopic (exact) mass is 274 g/mol. The number of nitrogens with one attached hydrogen (secondary N) is 1. The van der Waals surface area contributed by atoms with Crippen molar-refractivity contribution in [1.29, 1.82) is 0 Å². The first-order valence-electron chi connectivity index (χ1n) is 8.22. The number of hydrogen-bond donors (Lipinski definition) is 1. The predicted molar refractivity (Wildman–Crippen MR) is 88.5 cm³/mol. The van der Waals surface area contributed by atoms with Crippen LogP contribution in [0, 0.1) is 12.8 Å². The molecule has 1 aliphatic rings. The van der Waals surface area contributed by atoms with Crippen molar-refractivity contribution < 1.29 is 0 Å². The second-order valence-electron chi connectivity index (χ2n) is 6.23. The minimum Gasteiger partial charge on any atom is -0.374 e. The maximum atomic E-state index is 3.72. The summed E-state index contributed by atoms with van der Waals surface area (Å²) in [5.41, 5.74) is 2.76. The van der Waals surface area contributed by atoms with Crippen molar-refractivity contribution >= 4 is 5.69 Å². The zero-order valence-electron chi connectivity index (χ0n) is 13.4. The molecule has 1 aromatic rings. The lowest BCUT2D eigenvalue weighted by atomic mass is 9.93. The Balaban J connectivity index is 2.03. The zero-order chi connectivity index (χ0) is 14.4. The van der Waals surface area contributed by atoms with Crippen LogP contribution >= 0.6 is 0 Å². The average molecular weight is 274 g/mol. The Labute approximate surface area is 124 Å². The summed E-state index contributed by atoms with van der Waals surface area (Å²) in [6.45, 7) is 6.70. The first-order chi connectivity index (χ1) is 9.72. The van der Waals surface area contributed by atoms with Gasteiger partial charge in [0.1, 0.15) is 0 Å². The van der Waals surface area contributed by atoms with E-state index in [0.29, 0.717) is 6.04 Å². The van der Waals surface area contributed by atoms with Gasteiger partial charge in [0.2, 0.25) is 0 Å². The van der Waals surface area contributed by atoms with E-state index in [1.165, 1.54) is 49.9 Å². The van der Waals surface area contributed by atoms with Gasteiger partial charge >= 0.3 is 0 Å². The van der Waals surface area contributed by atoms with Crippen LogP contribution in [-0.2, 0) is 0 Å². The van der Waals surface area contributed by atoms with E-state index in [1.54, 1.807) is 0 Å². The van der Waals surface area contributed by atoms with E-state index in [0.717, 1.165) is 12.5 Å². The van der Waals surface area contributed by atoms with Crippen molar-refractivity contribution in [3.63, 3.8) is 0 Å². The molecule has 2 heteroatoms. The molecule has 1 aliphatic carbocycles. The first kappa shape index (κ1) is 15.4. The molecule has 0 saturated heterocycles. The van der Waals surface area contributed by atoms with Crippen molar-refractivity contribution in [2.45, 2.75) is 52.0 Å². The van der Waals surface area contributed by atoms with E-state index in [2.05, 4.69) is 55.4 Å². The third kappa shape index (κ3) is 3.99. The number of nitrogens with zero attached hydrogens (tertiary/aromatic N) is 1. The first-order valence-corrected chi connectivity index (χ1v) is 8.22. The van der Waals surface area contributed by atoms with Crippen molar-refractivity contribution in [2.24, 2.45) is 5.92 Å². The summed E-state index contributed by atoms with van der Waals surface area (Å²) in [4.78, 5) is 2.45. The summed E-state index contributed by atoms with van der Waals surface area (Å²) in [6, 6.07) is 9.43. The van der Waals surface area contributed by atoms with Crippen molar-refractivity contribution in [1.82, 2.24) is 5.32 Å². The van der Waals surface area contributed by atoms with E-state index in [9.17, 15) is 0 Å². The Morgan fingerprint density at radius 3 is 2.65 bits per heavy atom. The van der Waals surface area contributed by atoms with Gasteiger partial charge in [-0.25, -0.2) is 0 Å². The minimum absolute atomic E-state index is 0.703. The maximum Gasteiger partial charge on any atom is 0.0393 e.